The first-order chi connectivity index (χ1) is 18.1. The number of aromatic amines is 2. The molecule has 5 aromatic heterocycles. The Balaban J connectivity index is 1.26. The molecule has 1 atom stereocenters. The molecule has 0 saturated heterocycles. The molecule has 1 unspecified atom stereocenters. The van der Waals surface area contributed by atoms with E-state index in [1.807, 2.05) is 42.1 Å². The van der Waals surface area contributed by atoms with Crippen LogP contribution in [0.1, 0.15) is 25.0 Å². The zero-order valence-corrected chi connectivity index (χ0v) is 20.2. The van der Waals surface area contributed by atoms with Gasteiger partial charge in [-0.25, -0.2) is 9.97 Å². The zero-order chi connectivity index (χ0) is 24.9. The Morgan fingerprint density at radius 3 is 2.76 bits per heavy atom. The predicted molar refractivity (Wildman–Crippen MR) is 141 cm³/mol. The first-order valence-electron chi connectivity index (χ1n) is 12.4. The van der Waals surface area contributed by atoms with Crippen molar-refractivity contribution in [2.75, 3.05) is 5.32 Å². The summed E-state index contributed by atoms with van der Waals surface area (Å²) in [5.74, 6) is 0.965. The van der Waals surface area contributed by atoms with Crippen LogP contribution in [0.5, 0.6) is 0 Å². The van der Waals surface area contributed by atoms with Crippen molar-refractivity contribution in [3.63, 3.8) is 0 Å². The van der Waals surface area contributed by atoms with Gasteiger partial charge in [0.15, 0.2) is 5.82 Å². The van der Waals surface area contributed by atoms with Crippen LogP contribution in [-0.4, -0.2) is 51.0 Å². The molecule has 1 aromatic carbocycles. The fraction of sp³-hybridized carbons (Fsp3) is 0.222. The molecule has 4 N–H and O–H groups in total. The van der Waals surface area contributed by atoms with Gasteiger partial charge in [0.1, 0.15) is 17.4 Å². The van der Waals surface area contributed by atoms with E-state index >= 15 is 0 Å². The van der Waals surface area contributed by atoms with Gasteiger partial charge in [0.2, 0.25) is 0 Å². The number of aryl methyl sites for hydroxylation is 1. The molecule has 10 nitrogen and oxygen atoms in total. The average molecular weight is 492 g/mol. The lowest BCUT2D eigenvalue weighted by Crippen LogP contribution is -2.33. The van der Waals surface area contributed by atoms with E-state index in [1.54, 1.807) is 24.9 Å². The van der Waals surface area contributed by atoms with E-state index in [0.29, 0.717) is 11.7 Å². The lowest BCUT2D eigenvalue weighted by molar-refractivity contribution is 0.0851. The van der Waals surface area contributed by atoms with E-state index in [0.717, 1.165) is 68.7 Å². The van der Waals surface area contributed by atoms with Crippen LogP contribution >= 0.6 is 0 Å². The molecule has 0 amide bonds. The number of nitrogens with zero attached hydrogens (tertiary/aromatic N) is 6. The van der Waals surface area contributed by atoms with Gasteiger partial charge in [-0.1, -0.05) is 12.5 Å². The number of hydrogen-bond donors (Lipinski definition) is 4. The van der Waals surface area contributed by atoms with E-state index in [1.165, 1.54) is 6.42 Å². The first-order valence-corrected chi connectivity index (χ1v) is 12.4. The molecule has 1 aliphatic carbocycles. The number of benzene rings is 1. The molecule has 10 heteroatoms. The monoisotopic (exact) mass is 491 g/mol. The molecule has 184 valence electrons. The largest absolute Gasteiger partial charge is 0.374 e. The van der Waals surface area contributed by atoms with Crippen LogP contribution in [0, 0.1) is 12.8 Å². The number of fused-ring (bicyclic) bond motifs is 2. The van der Waals surface area contributed by atoms with Crippen LogP contribution in [0.2, 0.25) is 0 Å². The van der Waals surface area contributed by atoms with Gasteiger partial charge in [-0.2, -0.15) is 5.10 Å². The Morgan fingerprint density at radius 2 is 1.95 bits per heavy atom. The van der Waals surface area contributed by atoms with Crippen molar-refractivity contribution < 1.29 is 5.11 Å². The minimum Gasteiger partial charge on any atom is -0.374 e. The Bertz CT molecular complexity index is 1740. The number of rotatable bonds is 6. The Morgan fingerprint density at radius 1 is 1.05 bits per heavy atom. The maximum atomic E-state index is 10.4. The summed E-state index contributed by atoms with van der Waals surface area (Å²) in [4.78, 5) is 21.4. The molecule has 1 fully saturated rings. The second kappa shape index (κ2) is 8.52. The lowest BCUT2D eigenvalue weighted by atomic mass is 9.84. The SMILES string of the molecule is Cc1cn(-c2cncc3[nH]c(-c4n[nH]c5ccc(-c6cncc(NC(O)C7CCC7)c6)cc45)nc23)cn1. The fourth-order valence-electron chi connectivity index (χ4n) is 4.87. The van der Waals surface area contributed by atoms with Crippen LogP contribution in [0.25, 0.3) is 50.3 Å². The van der Waals surface area contributed by atoms with E-state index in [4.69, 9.17) is 4.98 Å². The molecule has 0 spiro atoms. The van der Waals surface area contributed by atoms with Gasteiger partial charge in [0.25, 0.3) is 0 Å². The average Bonchev–Trinajstić information content (AvgIpc) is 3.60. The topological polar surface area (TPSA) is 133 Å². The summed E-state index contributed by atoms with van der Waals surface area (Å²) in [7, 11) is 0. The highest BCUT2D eigenvalue weighted by molar-refractivity contribution is 5.96. The van der Waals surface area contributed by atoms with Gasteiger partial charge in [-0.15, -0.1) is 0 Å². The summed E-state index contributed by atoms with van der Waals surface area (Å²) < 4.78 is 1.92. The van der Waals surface area contributed by atoms with Gasteiger partial charge in [0, 0.05) is 29.3 Å². The predicted octanol–water partition coefficient (Wildman–Crippen LogP) is 4.59. The maximum absolute atomic E-state index is 10.4. The minimum absolute atomic E-state index is 0.311. The van der Waals surface area contributed by atoms with E-state index in [-0.39, 0.29) is 0 Å². The van der Waals surface area contributed by atoms with Gasteiger partial charge < -0.3 is 20.0 Å². The van der Waals surface area contributed by atoms with Crippen molar-refractivity contribution in [1.29, 1.82) is 0 Å². The molecule has 0 radical (unpaired) electrons. The van der Waals surface area contributed by atoms with Crippen LogP contribution in [0.4, 0.5) is 5.69 Å². The third kappa shape index (κ3) is 3.82. The second-order valence-corrected chi connectivity index (χ2v) is 9.64. The fourth-order valence-corrected chi connectivity index (χ4v) is 4.87. The van der Waals surface area contributed by atoms with Gasteiger partial charge in [0.05, 0.1) is 53.0 Å². The minimum atomic E-state index is -0.549. The molecule has 5 heterocycles. The number of hydrogen-bond acceptors (Lipinski definition) is 7. The molecular formula is C27H25N9O. The van der Waals surface area contributed by atoms with Crippen molar-refractivity contribution in [2.45, 2.75) is 32.4 Å². The van der Waals surface area contributed by atoms with Crippen molar-refractivity contribution in [3.8, 4) is 28.3 Å². The van der Waals surface area contributed by atoms with Gasteiger partial charge >= 0.3 is 0 Å². The Labute approximate surface area is 211 Å². The second-order valence-electron chi connectivity index (χ2n) is 9.64. The highest BCUT2D eigenvalue weighted by Gasteiger charge is 2.25. The van der Waals surface area contributed by atoms with E-state index in [2.05, 4.69) is 41.5 Å². The number of aliphatic hydroxyl groups is 1. The Hall–Kier alpha value is -4.57. The summed E-state index contributed by atoms with van der Waals surface area (Å²) in [6, 6.07) is 8.15. The normalized spacial score (nSPS) is 14.8. The third-order valence-electron chi connectivity index (χ3n) is 7.13. The summed E-state index contributed by atoms with van der Waals surface area (Å²) >= 11 is 0. The molecule has 7 rings (SSSR count). The van der Waals surface area contributed by atoms with Crippen molar-refractivity contribution >= 4 is 27.6 Å². The van der Waals surface area contributed by atoms with Crippen molar-refractivity contribution in [2.24, 2.45) is 5.92 Å². The van der Waals surface area contributed by atoms with Crippen LogP contribution in [-0.2, 0) is 0 Å². The first kappa shape index (κ1) is 21.7. The molecule has 1 aliphatic rings. The maximum Gasteiger partial charge on any atom is 0.159 e. The van der Waals surface area contributed by atoms with Crippen LogP contribution < -0.4 is 5.32 Å². The highest BCUT2D eigenvalue weighted by Crippen LogP contribution is 2.33. The van der Waals surface area contributed by atoms with Gasteiger partial charge in [-0.3, -0.25) is 15.1 Å². The number of aromatic nitrogens is 8. The summed E-state index contributed by atoms with van der Waals surface area (Å²) in [5, 5.41) is 22.3. The summed E-state index contributed by atoms with van der Waals surface area (Å²) in [6.45, 7) is 1.95. The van der Waals surface area contributed by atoms with Crippen molar-refractivity contribution in [1.82, 2.24) is 39.7 Å². The Kier molecular flexibility index (Phi) is 5.00. The highest BCUT2D eigenvalue weighted by atomic mass is 16.3. The van der Waals surface area contributed by atoms with Gasteiger partial charge in [-0.05, 0) is 43.5 Å². The molecular weight excluding hydrogens is 466 g/mol. The van der Waals surface area contributed by atoms with Crippen LogP contribution in [0.3, 0.4) is 0 Å². The number of H-pyrrole nitrogens is 2. The van der Waals surface area contributed by atoms with E-state index in [9.17, 15) is 5.11 Å². The number of aliphatic hydroxyl groups excluding tert-OH is 1. The smallest absolute Gasteiger partial charge is 0.159 e. The number of nitrogens with one attached hydrogen (secondary N) is 3. The molecule has 0 bridgehead atoms. The molecule has 6 aromatic rings. The van der Waals surface area contributed by atoms with Crippen LogP contribution in [0.15, 0.2) is 61.6 Å². The van der Waals surface area contributed by atoms with E-state index < -0.39 is 6.23 Å². The zero-order valence-electron chi connectivity index (χ0n) is 20.2. The molecule has 1 saturated carbocycles. The number of imidazole rings is 2. The summed E-state index contributed by atoms with van der Waals surface area (Å²) in [5.41, 5.74) is 7.76. The van der Waals surface area contributed by atoms with Crippen molar-refractivity contribution in [3.05, 3.63) is 67.3 Å². The number of anilines is 1. The standard InChI is InChI=1S/C27H25N9O/c1-15-13-36(14-30-15)23-12-29-11-22-25(23)33-26(32-22)24-20-8-17(5-6-21(20)34-35-24)18-7-19(10-28-9-18)31-27(37)16-3-2-4-16/h5-14,16,27,31,37H,2-4H2,1H3,(H,32,33)(H,34,35). The number of pyridine rings is 2. The lowest BCUT2D eigenvalue weighted by Gasteiger charge is -2.31. The molecule has 37 heavy (non-hydrogen) atoms. The molecule has 0 aliphatic heterocycles. The third-order valence-corrected chi connectivity index (χ3v) is 7.13. The summed E-state index contributed by atoms with van der Waals surface area (Å²) in [6.07, 6.45) is 13.6. The quantitative estimate of drug-likeness (QED) is 0.251.